The molecule has 0 bridgehead atoms. The smallest absolute Gasteiger partial charge is 0.243 e. The fourth-order valence-electron chi connectivity index (χ4n) is 2.09. The zero-order valence-electron chi connectivity index (χ0n) is 13.9. The molecule has 6 heteroatoms. The zero-order chi connectivity index (χ0) is 17.5. The van der Waals surface area contributed by atoms with E-state index in [9.17, 15) is 4.79 Å². The molecule has 0 atom stereocenters. The van der Waals surface area contributed by atoms with E-state index in [1.807, 2.05) is 26.0 Å². The lowest BCUT2D eigenvalue weighted by atomic mass is 10.2. The Morgan fingerprint density at radius 3 is 2.50 bits per heavy atom. The molecule has 0 fully saturated rings. The van der Waals surface area contributed by atoms with Gasteiger partial charge in [0.1, 0.15) is 11.5 Å². The first-order valence-electron chi connectivity index (χ1n) is 7.62. The first-order valence-corrected chi connectivity index (χ1v) is 7.99. The van der Waals surface area contributed by atoms with Gasteiger partial charge in [-0.2, -0.15) is 0 Å². The summed E-state index contributed by atoms with van der Waals surface area (Å²) in [5.74, 6) is 1.22. The first kappa shape index (κ1) is 17.9. The highest BCUT2D eigenvalue weighted by molar-refractivity contribution is 6.30. The summed E-state index contributed by atoms with van der Waals surface area (Å²) >= 11 is 5.96. The number of hydrogen-bond acceptors (Lipinski definition) is 4. The molecule has 2 rings (SSSR count). The highest BCUT2D eigenvalue weighted by Gasteiger charge is 2.07. The zero-order valence-corrected chi connectivity index (χ0v) is 14.7. The van der Waals surface area contributed by atoms with Crippen molar-refractivity contribution in [1.29, 1.82) is 0 Å². The Kier molecular flexibility index (Phi) is 6.32. The number of benzene rings is 2. The Hall–Kier alpha value is -2.40. The van der Waals surface area contributed by atoms with Crippen LogP contribution in [0, 0.1) is 0 Å². The van der Waals surface area contributed by atoms with Crippen LogP contribution in [-0.2, 0) is 4.79 Å². The van der Waals surface area contributed by atoms with Crippen molar-refractivity contribution in [1.82, 2.24) is 0 Å². The molecular weight excluding hydrogens is 328 g/mol. The Morgan fingerprint density at radius 1 is 1.17 bits per heavy atom. The van der Waals surface area contributed by atoms with Gasteiger partial charge in [0.05, 0.1) is 25.4 Å². The number of carbonyl (C=O) groups is 1. The molecule has 0 saturated heterocycles. The van der Waals surface area contributed by atoms with Crippen LogP contribution in [0.2, 0.25) is 5.02 Å². The number of carbonyl (C=O) groups excluding carboxylic acids is 1. The largest absolute Gasteiger partial charge is 0.495 e. The van der Waals surface area contributed by atoms with Crippen molar-refractivity contribution in [3.63, 3.8) is 0 Å². The highest BCUT2D eigenvalue weighted by atomic mass is 35.5. The van der Waals surface area contributed by atoms with Crippen LogP contribution in [0.4, 0.5) is 11.4 Å². The van der Waals surface area contributed by atoms with Gasteiger partial charge in [0.25, 0.3) is 0 Å². The summed E-state index contributed by atoms with van der Waals surface area (Å²) in [5.41, 5.74) is 1.37. The molecule has 0 heterocycles. The van der Waals surface area contributed by atoms with E-state index in [-0.39, 0.29) is 18.6 Å². The number of hydrogen-bond donors (Lipinski definition) is 2. The molecule has 0 aromatic heterocycles. The van der Waals surface area contributed by atoms with Crippen molar-refractivity contribution in [2.24, 2.45) is 0 Å². The molecule has 2 aromatic rings. The van der Waals surface area contributed by atoms with E-state index in [2.05, 4.69) is 10.6 Å². The Morgan fingerprint density at radius 2 is 1.88 bits per heavy atom. The van der Waals surface area contributed by atoms with Crippen LogP contribution in [0.25, 0.3) is 0 Å². The summed E-state index contributed by atoms with van der Waals surface area (Å²) in [7, 11) is 1.56. The van der Waals surface area contributed by atoms with Crippen molar-refractivity contribution in [2.75, 3.05) is 24.3 Å². The van der Waals surface area contributed by atoms with Crippen molar-refractivity contribution in [2.45, 2.75) is 20.0 Å². The van der Waals surface area contributed by atoms with Gasteiger partial charge in [-0.25, -0.2) is 0 Å². The van der Waals surface area contributed by atoms with Crippen LogP contribution in [0.3, 0.4) is 0 Å². The summed E-state index contributed by atoms with van der Waals surface area (Å²) in [6.07, 6.45) is 0.113. The molecule has 0 aliphatic heterocycles. The Labute approximate surface area is 146 Å². The molecule has 2 N–H and O–H groups in total. The molecule has 1 amide bonds. The number of methoxy groups -OCH3 is 1. The lowest BCUT2D eigenvalue weighted by Gasteiger charge is -2.12. The fraction of sp³-hybridized carbons (Fsp3) is 0.278. The van der Waals surface area contributed by atoms with Gasteiger partial charge in [-0.3, -0.25) is 4.79 Å². The highest BCUT2D eigenvalue weighted by Crippen LogP contribution is 2.27. The Balaban J connectivity index is 1.90. The van der Waals surface area contributed by atoms with Gasteiger partial charge in [-0.05, 0) is 56.3 Å². The van der Waals surface area contributed by atoms with Gasteiger partial charge >= 0.3 is 0 Å². The summed E-state index contributed by atoms with van der Waals surface area (Å²) in [6, 6.07) is 12.4. The lowest BCUT2D eigenvalue weighted by Crippen LogP contribution is -2.22. The molecule has 5 nitrogen and oxygen atoms in total. The molecule has 0 radical (unpaired) electrons. The number of rotatable bonds is 7. The van der Waals surface area contributed by atoms with E-state index in [0.717, 1.165) is 5.75 Å². The third-order valence-corrected chi connectivity index (χ3v) is 3.35. The van der Waals surface area contributed by atoms with Gasteiger partial charge < -0.3 is 20.1 Å². The molecule has 0 spiro atoms. The number of anilines is 2. The van der Waals surface area contributed by atoms with Crippen LogP contribution in [0.5, 0.6) is 11.5 Å². The second kappa shape index (κ2) is 8.45. The molecule has 128 valence electrons. The predicted octanol–water partition coefficient (Wildman–Crippen LogP) is 4.19. The van der Waals surface area contributed by atoms with Crippen LogP contribution in [0.15, 0.2) is 42.5 Å². The van der Waals surface area contributed by atoms with Gasteiger partial charge in [0, 0.05) is 10.7 Å². The summed E-state index contributed by atoms with van der Waals surface area (Å²) in [6.45, 7) is 4.03. The minimum absolute atomic E-state index is 0.0982. The van der Waals surface area contributed by atoms with E-state index in [1.54, 1.807) is 37.4 Å². The van der Waals surface area contributed by atoms with E-state index in [4.69, 9.17) is 21.1 Å². The van der Waals surface area contributed by atoms with E-state index in [1.165, 1.54) is 0 Å². The van der Waals surface area contributed by atoms with Crippen molar-refractivity contribution < 1.29 is 14.3 Å². The quantitative estimate of drug-likeness (QED) is 0.787. The van der Waals surface area contributed by atoms with Crippen LogP contribution >= 0.6 is 11.6 Å². The van der Waals surface area contributed by atoms with Crippen molar-refractivity contribution in [3.05, 3.63) is 47.5 Å². The van der Waals surface area contributed by atoms with Crippen LogP contribution < -0.4 is 20.1 Å². The van der Waals surface area contributed by atoms with Gasteiger partial charge in [0.2, 0.25) is 5.91 Å². The fourth-order valence-corrected chi connectivity index (χ4v) is 2.26. The molecular formula is C18H21ClN2O3. The average molecular weight is 349 g/mol. The normalized spacial score (nSPS) is 10.4. The number of nitrogens with one attached hydrogen (secondary N) is 2. The van der Waals surface area contributed by atoms with E-state index in [0.29, 0.717) is 22.1 Å². The maximum absolute atomic E-state index is 12.1. The Bertz CT molecular complexity index is 687. The van der Waals surface area contributed by atoms with Crippen molar-refractivity contribution in [3.8, 4) is 11.5 Å². The molecule has 0 aliphatic rings. The minimum Gasteiger partial charge on any atom is -0.495 e. The third-order valence-electron chi connectivity index (χ3n) is 3.11. The lowest BCUT2D eigenvalue weighted by molar-refractivity contribution is -0.114. The average Bonchev–Trinajstić information content (AvgIpc) is 2.54. The number of amides is 1. The predicted molar refractivity (Wildman–Crippen MR) is 97.3 cm³/mol. The third kappa shape index (κ3) is 5.35. The van der Waals surface area contributed by atoms with Crippen LogP contribution in [-0.4, -0.2) is 25.7 Å². The SMILES string of the molecule is COc1ccc(Cl)cc1NCC(=O)Nc1ccc(OC(C)C)cc1. The van der Waals surface area contributed by atoms with Gasteiger partial charge in [0.15, 0.2) is 0 Å². The van der Waals surface area contributed by atoms with Crippen LogP contribution in [0.1, 0.15) is 13.8 Å². The molecule has 0 aliphatic carbocycles. The monoisotopic (exact) mass is 348 g/mol. The maximum Gasteiger partial charge on any atom is 0.243 e. The standard InChI is InChI=1S/C18H21ClN2O3/c1-12(2)24-15-7-5-14(6-8-15)21-18(22)11-20-16-10-13(19)4-9-17(16)23-3/h4-10,12,20H,11H2,1-3H3,(H,21,22). The van der Waals surface area contributed by atoms with Gasteiger partial charge in [-0.1, -0.05) is 11.6 Å². The minimum atomic E-state index is -0.172. The molecule has 0 unspecified atom stereocenters. The second-order valence-electron chi connectivity index (χ2n) is 5.44. The maximum atomic E-state index is 12.1. The van der Waals surface area contributed by atoms with Gasteiger partial charge in [-0.15, -0.1) is 0 Å². The second-order valence-corrected chi connectivity index (χ2v) is 5.87. The number of halogens is 1. The first-order chi connectivity index (χ1) is 11.5. The topological polar surface area (TPSA) is 59.6 Å². The molecule has 0 saturated carbocycles. The molecule has 2 aromatic carbocycles. The summed E-state index contributed by atoms with van der Waals surface area (Å²) < 4.78 is 10.8. The number of ether oxygens (including phenoxy) is 2. The van der Waals surface area contributed by atoms with E-state index < -0.39 is 0 Å². The van der Waals surface area contributed by atoms with E-state index >= 15 is 0 Å². The summed E-state index contributed by atoms with van der Waals surface area (Å²) in [5, 5.41) is 6.40. The van der Waals surface area contributed by atoms with Crippen molar-refractivity contribution >= 4 is 28.9 Å². The summed E-state index contributed by atoms with van der Waals surface area (Å²) in [4.78, 5) is 12.1. The molecule has 24 heavy (non-hydrogen) atoms.